The molecule has 3 aromatic heterocycles. The van der Waals surface area contributed by atoms with E-state index in [0.29, 0.717) is 49.6 Å². The summed E-state index contributed by atoms with van der Waals surface area (Å²) in [5, 5.41) is 10.4. The predicted molar refractivity (Wildman–Crippen MR) is 135 cm³/mol. The first-order chi connectivity index (χ1) is 17.5. The van der Waals surface area contributed by atoms with Crippen LogP contribution in [0, 0.1) is 0 Å². The number of benzene rings is 1. The van der Waals surface area contributed by atoms with Crippen molar-refractivity contribution in [3.8, 4) is 17.0 Å². The zero-order valence-corrected chi connectivity index (χ0v) is 20.4. The summed E-state index contributed by atoms with van der Waals surface area (Å²) in [4.78, 5) is 28.6. The standard InChI is InChI=1S/C27H29N5O4/c1-18(22-9-6-14-36-22)29-27(34)25-21-10-11-31(12-13-32(21)24(33)15-23(25)35-2)17-20-16-28-30-26(20)19-7-4-3-5-8-19/h3-9,14-16,18H,10-13,17H2,1-2H3,(H,28,30)(H,29,34)/t18-/m1/s1. The van der Waals surface area contributed by atoms with E-state index in [0.717, 1.165) is 16.8 Å². The lowest BCUT2D eigenvalue weighted by atomic mass is 10.1. The van der Waals surface area contributed by atoms with Gasteiger partial charge in [0.15, 0.2) is 0 Å². The van der Waals surface area contributed by atoms with E-state index in [4.69, 9.17) is 9.15 Å². The van der Waals surface area contributed by atoms with Crippen molar-refractivity contribution in [3.05, 3.63) is 93.9 Å². The van der Waals surface area contributed by atoms with Gasteiger partial charge in [0.25, 0.3) is 11.5 Å². The molecule has 0 radical (unpaired) electrons. The highest BCUT2D eigenvalue weighted by Crippen LogP contribution is 2.26. The predicted octanol–water partition coefficient (Wildman–Crippen LogP) is 3.39. The number of hydrogen-bond acceptors (Lipinski definition) is 6. The maximum atomic E-state index is 13.4. The molecule has 0 saturated carbocycles. The van der Waals surface area contributed by atoms with Crippen LogP contribution in [0.15, 0.2) is 70.2 Å². The van der Waals surface area contributed by atoms with Gasteiger partial charge in [0.1, 0.15) is 17.1 Å². The van der Waals surface area contributed by atoms with Crippen molar-refractivity contribution in [3.63, 3.8) is 0 Å². The highest BCUT2D eigenvalue weighted by atomic mass is 16.5. The molecule has 1 aliphatic heterocycles. The van der Waals surface area contributed by atoms with Gasteiger partial charge in [-0.3, -0.25) is 19.6 Å². The van der Waals surface area contributed by atoms with Gasteiger partial charge in [0, 0.05) is 49.9 Å². The van der Waals surface area contributed by atoms with Crippen LogP contribution in [0.3, 0.4) is 0 Å². The first-order valence-electron chi connectivity index (χ1n) is 12.0. The Morgan fingerprint density at radius 1 is 1.19 bits per heavy atom. The normalized spacial score (nSPS) is 14.6. The molecule has 1 aliphatic rings. The number of H-pyrrole nitrogens is 1. The van der Waals surface area contributed by atoms with Gasteiger partial charge in [0.2, 0.25) is 0 Å². The van der Waals surface area contributed by atoms with Gasteiger partial charge in [-0.2, -0.15) is 5.10 Å². The van der Waals surface area contributed by atoms with E-state index >= 15 is 0 Å². The van der Waals surface area contributed by atoms with E-state index < -0.39 is 0 Å². The molecule has 0 bridgehead atoms. The smallest absolute Gasteiger partial charge is 0.257 e. The fraction of sp³-hybridized carbons (Fsp3) is 0.296. The Labute approximate surface area is 208 Å². The number of carbonyl (C=O) groups is 1. The average molecular weight is 488 g/mol. The minimum Gasteiger partial charge on any atom is -0.496 e. The first kappa shape index (κ1) is 23.6. The number of carbonyl (C=O) groups excluding carboxylic acids is 1. The molecule has 4 heterocycles. The average Bonchev–Trinajstić information content (AvgIpc) is 3.55. The highest BCUT2D eigenvalue weighted by Gasteiger charge is 2.27. The van der Waals surface area contributed by atoms with Crippen LogP contribution in [0.1, 0.15) is 40.3 Å². The molecule has 2 N–H and O–H groups in total. The molecule has 5 rings (SSSR count). The summed E-state index contributed by atoms with van der Waals surface area (Å²) in [6, 6.07) is 14.8. The number of nitrogens with zero attached hydrogens (tertiary/aromatic N) is 3. The minimum atomic E-state index is -0.329. The number of rotatable bonds is 7. The molecule has 186 valence electrons. The molecule has 9 heteroatoms. The van der Waals surface area contributed by atoms with E-state index in [-0.39, 0.29) is 23.3 Å². The lowest BCUT2D eigenvalue weighted by Crippen LogP contribution is -2.32. The number of aromatic amines is 1. The summed E-state index contributed by atoms with van der Waals surface area (Å²) in [5.41, 5.74) is 4.05. The van der Waals surface area contributed by atoms with E-state index in [1.807, 2.05) is 37.4 Å². The molecule has 1 atom stereocenters. The number of ether oxygens (including phenoxy) is 1. The van der Waals surface area contributed by atoms with E-state index in [1.165, 1.54) is 13.2 Å². The van der Waals surface area contributed by atoms with Gasteiger partial charge in [0.05, 0.1) is 31.3 Å². The van der Waals surface area contributed by atoms with E-state index in [1.54, 1.807) is 16.9 Å². The summed E-state index contributed by atoms with van der Waals surface area (Å²) >= 11 is 0. The lowest BCUT2D eigenvalue weighted by molar-refractivity contribution is 0.0930. The third-order valence-corrected chi connectivity index (χ3v) is 6.62. The van der Waals surface area contributed by atoms with Crippen molar-refractivity contribution in [2.24, 2.45) is 0 Å². The summed E-state index contributed by atoms with van der Waals surface area (Å²) in [6.45, 7) is 4.36. The molecular weight excluding hydrogens is 458 g/mol. The Kier molecular flexibility index (Phi) is 6.73. The number of aromatic nitrogens is 3. The summed E-state index contributed by atoms with van der Waals surface area (Å²) in [5.74, 6) is 0.640. The lowest BCUT2D eigenvalue weighted by Gasteiger charge is -2.19. The SMILES string of the molecule is COc1cc(=O)n2c(c1C(=O)N[C@H](C)c1ccco1)CCN(Cc1cn[nH]c1-c1ccccc1)CC2. The van der Waals surface area contributed by atoms with E-state index in [2.05, 4.69) is 32.5 Å². The molecule has 0 spiro atoms. The van der Waals surface area contributed by atoms with Crippen LogP contribution >= 0.6 is 0 Å². The van der Waals surface area contributed by atoms with Gasteiger partial charge in [-0.1, -0.05) is 30.3 Å². The monoisotopic (exact) mass is 487 g/mol. The quantitative estimate of drug-likeness (QED) is 0.414. The van der Waals surface area contributed by atoms with Gasteiger partial charge in [-0.05, 0) is 24.6 Å². The molecule has 1 amide bonds. The van der Waals surface area contributed by atoms with Crippen LogP contribution in [0.5, 0.6) is 5.75 Å². The Morgan fingerprint density at radius 3 is 2.78 bits per heavy atom. The van der Waals surface area contributed by atoms with Crippen molar-refractivity contribution in [2.45, 2.75) is 32.5 Å². The van der Waals surface area contributed by atoms with Crippen LogP contribution in [-0.2, 0) is 19.5 Å². The Morgan fingerprint density at radius 2 is 2.03 bits per heavy atom. The number of hydrogen-bond donors (Lipinski definition) is 2. The van der Waals surface area contributed by atoms with Gasteiger partial charge < -0.3 is 19.0 Å². The molecule has 0 fully saturated rings. The molecule has 0 aliphatic carbocycles. The number of fused-ring (bicyclic) bond motifs is 1. The van der Waals surface area contributed by atoms with Crippen LogP contribution in [0.4, 0.5) is 0 Å². The van der Waals surface area contributed by atoms with Crippen LogP contribution < -0.4 is 15.6 Å². The topological polar surface area (TPSA) is 105 Å². The summed E-state index contributed by atoms with van der Waals surface area (Å²) in [7, 11) is 1.48. The van der Waals surface area contributed by atoms with Gasteiger partial charge in [-0.15, -0.1) is 0 Å². The van der Waals surface area contributed by atoms with Crippen molar-refractivity contribution in [1.29, 1.82) is 0 Å². The number of furan rings is 1. The Hall–Kier alpha value is -4.11. The first-order valence-corrected chi connectivity index (χ1v) is 12.0. The third-order valence-electron chi connectivity index (χ3n) is 6.62. The molecule has 0 saturated heterocycles. The largest absolute Gasteiger partial charge is 0.496 e. The van der Waals surface area contributed by atoms with Crippen LogP contribution in [0.2, 0.25) is 0 Å². The minimum absolute atomic E-state index is 0.174. The van der Waals surface area contributed by atoms with Crippen molar-refractivity contribution in [1.82, 2.24) is 25.0 Å². The fourth-order valence-electron chi connectivity index (χ4n) is 4.76. The second kappa shape index (κ2) is 10.2. The zero-order chi connectivity index (χ0) is 25.1. The number of methoxy groups -OCH3 is 1. The molecule has 36 heavy (non-hydrogen) atoms. The van der Waals surface area contributed by atoms with Crippen molar-refractivity contribution < 1.29 is 13.9 Å². The molecule has 9 nitrogen and oxygen atoms in total. The third kappa shape index (κ3) is 4.70. The van der Waals surface area contributed by atoms with Gasteiger partial charge >= 0.3 is 0 Å². The van der Waals surface area contributed by atoms with E-state index in [9.17, 15) is 9.59 Å². The maximum absolute atomic E-state index is 13.4. The number of nitrogens with one attached hydrogen (secondary N) is 2. The number of pyridine rings is 1. The van der Waals surface area contributed by atoms with Gasteiger partial charge in [-0.25, -0.2) is 0 Å². The Balaban J connectivity index is 1.39. The fourth-order valence-corrected chi connectivity index (χ4v) is 4.76. The summed E-state index contributed by atoms with van der Waals surface area (Å²) < 4.78 is 12.6. The highest BCUT2D eigenvalue weighted by molar-refractivity contribution is 5.98. The molecule has 4 aromatic rings. The maximum Gasteiger partial charge on any atom is 0.257 e. The van der Waals surface area contributed by atoms with Crippen molar-refractivity contribution >= 4 is 5.91 Å². The second-order valence-electron chi connectivity index (χ2n) is 8.90. The second-order valence-corrected chi connectivity index (χ2v) is 8.90. The van der Waals surface area contributed by atoms with Crippen molar-refractivity contribution in [2.75, 3.05) is 20.2 Å². The number of amides is 1. The molecule has 1 aromatic carbocycles. The summed E-state index contributed by atoms with van der Waals surface area (Å²) in [6.07, 6.45) is 3.96. The molecule has 0 unspecified atom stereocenters. The zero-order valence-electron chi connectivity index (χ0n) is 20.4. The Bertz CT molecular complexity index is 1390. The van der Waals surface area contributed by atoms with Crippen LogP contribution in [-0.4, -0.2) is 45.8 Å². The van der Waals surface area contributed by atoms with Crippen LogP contribution in [0.25, 0.3) is 11.3 Å². The molecular formula is C27H29N5O4.